The first-order chi connectivity index (χ1) is 4.76. The second-order valence-corrected chi connectivity index (χ2v) is 2.18. The number of carbonyl (C=O) groups excluding carboxylic acids is 1. The number of hydrogen-bond donors (Lipinski definition) is 2. The van der Waals surface area contributed by atoms with Crippen LogP contribution in [0.3, 0.4) is 0 Å². The van der Waals surface area contributed by atoms with Crippen LogP contribution in [0, 0.1) is 5.92 Å². The summed E-state index contributed by atoms with van der Waals surface area (Å²) in [4.78, 5) is 10.9. The van der Waals surface area contributed by atoms with Gasteiger partial charge in [-0.3, -0.25) is 4.79 Å². The Hall–Kier alpha value is -0.570. The molecule has 0 heterocycles. The summed E-state index contributed by atoms with van der Waals surface area (Å²) >= 11 is 0. The van der Waals surface area contributed by atoms with E-state index >= 15 is 0 Å². The Morgan fingerprint density at radius 3 is 2.50 bits per heavy atom. The third-order valence-corrected chi connectivity index (χ3v) is 1.43. The first kappa shape index (κ1) is 9.43. The number of aliphatic hydroxyl groups excluding tert-OH is 1. The van der Waals surface area contributed by atoms with Crippen molar-refractivity contribution in [3.63, 3.8) is 0 Å². The van der Waals surface area contributed by atoms with Gasteiger partial charge < -0.3 is 10.4 Å². The normalized spacial score (nSPS) is 12.7. The molecule has 0 saturated heterocycles. The third-order valence-electron chi connectivity index (χ3n) is 1.43. The van der Waals surface area contributed by atoms with Crippen molar-refractivity contribution in [3.8, 4) is 0 Å². The highest BCUT2D eigenvalue weighted by Crippen LogP contribution is 1.99. The third kappa shape index (κ3) is 2.82. The van der Waals surface area contributed by atoms with Crippen molar-refractivity contribution in [3.05, 3.63) is 0 Å². The summed E-state index contributed by atoms with van der Waals surface area (Å²) in [6, 6.07) is 0. The molecule has 0 unspecified atom stereocenters. The lowest BCUT2D eigenvalue weighted by Crippen LogP contribution is -2.31. The van der Waals surface area contributed by atoms with Crippen LogP contribution in [0.1, 0.15) is 20.3 Å². The largest absolute Gasteiger partial charge is 0.396 e. The zero-order chi connectivity index (χ0) is 7.98. The van der Waals surface area contributed by atoms with Crippen molar-refractivity contribution >= 4 is 5.91 Å². The van der Waals surface area contributed by atoms with Crippen molar-refractivity contribution in [2.45, 2.75) is 20.3 Å². The molecule has 0 rings (SSSR count). The number of nitrogens with one attached hydrogen (secondary N) is 1. The van der Waals surface area contributed by atoms with Crippen LogP contribution in [0.5, 0.6) is 0 Å². The summed E-state index contributed by atoms with van der Waals surface area (Å²) < 4.78 is 0. The Morgan fingerprint density at radius 2 is 2.20 bits per heavy atom. The van der Waals surface area contributed by atoms with Gasteiger partial charge in [0.05, 0.1) is 12.5 Å². The van der Waals surface area contributed by atoms with Crippen LogP contribution in [0.2, 0.25) is 0 Å². The summed E-state index contributed by atoms with van der Waals surface area (Å²) in [6.07, 6.45) is 0.697. The van der Waals surface area contributed by atoms with Gasteiger partial charge in [-0.2, -0.15) is 0 Å². The highest BCUT2D eigenvalue weighted by molar-refractivity contribution is 5.78. The fourth-order valence-electron chi connectivity index (χ4n) is 0.716. The van der Waals surface area contributed by atoms with Gasteiger partial charge in [0.1, 0.15) is 0 Å². The maximum Gasteiger partial charge on any atom is 0.225 e. The smallest absolute Gasteiger partial charge is 0.225 e. The van der Waals surface area contributed by atoms with E-state index in [-0.39, 0.29) is 18.4 Å². The van der Waals surface area contributed by atoms with Crippen molar-refractivity contribution in [2.75, 3.05) is 13.2 Å². The van der Waals surface area contributed by atoms with Gasteiger partial charge in [-0.1, -0.05) is 6.92 Å². The molecule has 3 nitrogen and oxygen atoms in total. The van der Waals surface area contributed by atoms with Gasteiger partial charge in [0.15, 0.2) is 0 Å². The molecular weight excluding hydrogens is 130 g/mol. The molecule has 0 radical (unpaired) electrons. The fraction of sp³-hybridized carbons (Fsp3) is 0.857. The van der Waals surface area contributed by atoms with Gasteiger partial charge >= 0.3 is 0 Å². The summed E-state index contributed by atoms with van der Waals surface area (Å²) in [5.74, 6) is -0.271. The van der Waals surface area contributed by atoms with Crippen molar-refractivity contribution in [1.82, 2.24) is 5.32 Å². The Morgan fingerprint density at radius 1 is 1.60 bits per heavy atom. The molecule has 3 heteroatoms. The lowest BCUT2D eigenvalue weighted by Gasteiger charge is -2.09. The lowest BCUT2D eigenvalue weighted by molar-refractivity contribution is -0.126. The zero-order valence-electron chi connectivity index (χ0n) is 6.55. The maximum atomic E-state index is 10.9. The van der Waals surface area contributed by atoms with Crippen LogP contribution in [0.4, 0.5) is 0 Å². The summed E-state index contributed by atoms with van der Waals surface area (Å²) in [6.45, 7) is 4.33. The van der Waals surface area contributed by atoms with Crippen molar-refractivity contribution in [1.29, 1.82) is 0 Å². The standard InChI is InChI=1S/C7H15NO2/c1-3-6(5-9)7(10)8-4-2/h6,9H,3-5H2,1-2H3,(H,8,10)/t6-/m1/s1. The SMILES string of the molecule is CCNC(=O)[C@H](CC)CO. The molecule has 0 bridgehead atoms. The van der Waals surface area contributed by atoms with E-state index in [0.29, 0.717) is 13.0 Å². The molecule has 0 aliphatic rings. The minimum Gasteiger partial charge on any atom is -0.396 e. The quantitative estimate of drug-likeness (QED) is 0.591. The molecule has 0 aromatic heterocycles. The molecule has 0 aromatic rings. The van der Waals surface area contributed by atoms with Gasteiger partial charge in [-0.05, 0) is 13.3 Å². The van der Waals surface area contributed by atoms with E-state index in [1.807, 2.05) is 13.8 Å². The summed E-state index contributed by atoms with van der Waals surface area (Å²) in [5.41, 5.74) is 0. The van der Waals surface area contributed by atoms with E-state index in [1.165, 1.54) is 0 Å². The monoisotopic (exact) mass is 145 g/mol. The number of carbonyl (C=O) groups is 1. The topological polar surface area (TPSA) is 49.3 Å². The fourth-order valence-corrected chi connectivity index (χ4v) is 0.716. The van der Waals surface area contributed by atoms with Gasteiger partial charge in [0.2, 0.25) is 5.91 Å². The molecule has 0 aliphatic heterocycles. The first-order valence-corrected chi connectivity index (χ1v) is 3.64. The molecule has 1 atom stereocenters. The Bertz CT molecular complexity index is 99.8. The molecule has 0 aromatic carbocycles. The zero-order valence-corrected chi connectivity index (χ0v) is 6.55. The molecule has 1 amide bonds. The molecule has 0 aliphatic carbocycles. The highest BCUT2D eigenvalue weighted by Gasteiger charge is 2.12. The van der Waals surface area contributed by atoms with Crippen molar-refractivity contribution < 1.29 is 9.90 Å². The highest BCUT2D eigenvalue weighted by atomic mass is 16.3. The predicted molar refractivity (Wildman–Crippen MR) is 39.6 cm³/mol. The van der Waals surface area contributed by atoms with E-state index in [9.17, 15) is 4.79 Å². The van der Waals surface area contributed by atoms with E-state index in [2.05, 4.69) is 5.32 Å². The van der Waals surface area contributed by atoms with Crippen molar-refractivity contribution in [2.24, 2.45) is 5.92 Å². The lowest BCUT2D eigenvalue weighted by atomic mass is 10.1. The molecule has 0 fully saturated rings. The second-order valence-electron chi connectivity index (χ2n) is 2.18. The van der Waals surface area contributed by atoms with Crippen LogP contribution in [0.25, 0.3) is 0 Å². The molecule has 2 N–H and O–H groups in total. The molecule has 0 saturated carbocycles. The van der Waals surface area contributed by atoms with E-state index in [0.717, 1.165) is 0 Å². The number of hydrogen-bond acceptors (Lipinski definition) is 2. The second kappa shape index (κ2) is 5.23. The molecule has 0 spiro atoms. The van der Waals surface area contributed by atoms with Crippen LogP contribution >= 0.6 is 0 Å². The van der Waals surface area contributed by atoms with Crippen LogP contribution in [-0.2, 0) is 4.79 Å². The maximum absolute atomic E-state index is 10.9. The number of rotatable bonds is 4. The number of amides is 1. The first-order valence-electron chi connectivity index (χ1n) is 3.64. The van der Waals surface area contributed by atoms with Gasteiger partial charge in [0.25, 0.3) is 0 Å². The van der Waals surface area contributed by atoms with Gasteiger partial charge in [0, 0.05) is 6.54 Å². The van der Waals surface area contributed by atoms with E-state index in [4.69, 9.17) is 5.11 Å². The van der Waals surface area contributed by atoms with Crippen LogP contribution in [-0.4, -0.2) is 24.2 Å². The van der Waals surface area contributed by atoms with Crippen LogP contribution < -0.4 is 5.32 Å². The molecular formula is C7H15NO2. The minimum absolute atomic E-state index is 0.0486. The van der Waals surface area contributed by atoms with E-state index in [1.54, 1.807) is 0 Å². The van der Waals surface area contributed by atoms with Crippen LogP contribution in [0.15, 0.2) is 0 Å². The summed E-state index contributed by atoms with van der Waals surface area (Å²) in [5, 5.41) is 11.3. The Labute approximate surface area is 61.4 Å². The Balaban J connectivity index is 3.65. The van der Waals surface area contributed by atoms with E-state index < -0.39 is 0 Å². The Kier molecular flexibility index (Phi) is 4.94. The molecule has 60 valence electrons. The van der Waals surface area contributed by atoms with Gasteiger partial charge in [-0.15, -0.1) is 0 Å². The van der Waals surface area contributed by atoms with Gasteiger partial charge in [-0.25, -0.2) is 0 Å². The average molecular weight is 145 g/mol. The minimum atomic E-state index is -0.222. The molecule has 10 heavy (non-hydrogen) atoms. The summed E-state index contributed by atoms with van der Waals surface area (Å²) in [7, 11) is 0. The average Bonchev–Trinajstić information content (AvgIpc) is 1.91. The number of aliphatic hydroxyl groups is 1. The predicted octanol–water partition coefficient (Wildman–Crippen LogP) is 0.141.